The molecule has 1 aromatic heterocycles. The molecule has 2 atom stereocenters. The fourth-order valence-corrected chi connectivity index (χ4v) is 6.90. The van der Waals surface area contributed by atoms with Gasteiger partial charge in [0.2, 0.25) is 11.9 Å². The minimum atomic E-state index is -0.578. The summed E-state index contributed by atoms with van der Waals surface area (Å²) in [5.74, 6) is -0.691. The molecule has 1 fully saturated rings. The highest BCUT2D eigenvalue weighted by Gasteiger charge is 2.36. The molecule has 1 saturated heterocycles. The molecule has 208 valence electrons. The molecule has 0 unspecified atom stereocenters. The number of aromatic nitrogens is 1. The van der Waals surface area contributed by atoms with Crippen molar-refractivity contribution in [2.45, 2.75) is 42.8 Å². The molecule has 7 nitrogen and oxygen atoms in total. The van der Waals surface area contributed by atoms with Crippen LogP contribution in [0.3, 0.4) is 0 Å². The first-order valence-corrected chi connectivity index (χ1v) is 14.6. The lowest BCUT2D eigenvalue weighted by molar-refractivity contribution is -0.570. The van der Waals surface area contributed by atoms with Gasteiger partial charge in [-0.1, -0.05) is 54.3 Å². The highest BCUT2D eigenvalue weighted by Crippen LogP contribution is 2.39. The van der Waals surface area contributed by atoms with E-state index >= 15 is 4.39 Å². The third-order valence-corrected chi connectivity index (χ3v) is 8.95. The number of pyridine rings is 1. The molecular formula is C32H27FN3O4S-. The molecule has 4 heterocycles. The molecule has 3 aromatic carbocycles. The molecule has 7 rings (SSSR count). The second kappa shape index (κ2) is 10.4. The summed E-state index contributed by atoms with van der Waals surface area (Å²) >= 11 is 1.66. The van der Waals surface area contributed by atoms with Crippen LogP contribution in [-0.2, 0) is 23.5 Å². The van der Waals surface area contributed by atoms with Crippen LogP contribution >= 0.6 is 11.8 Å². The Bertz CT molecular complexity index is 1780. The van der Waals surface area contributed by atoms with E-state index in [1.807, 2.05) is 49.4 Å². The van der Waals surface area contributed by atoms with Crippen LogP contribution in [0.2, 0.25) is 0 Å². The van der Waals surface area contributed by atoms with Crippen molar-refractivity contribution < 1.29 is 28.4 Å². The summed E-state index contributed by atoms with van der Waals surface area (Å²) in [5.41, 5.74) is 4.66. The molecule has 0 radical (unpaired) electrons. The molecule has 9 heteroatoms. The molecule has 3 aliphatic heterocycles. The summed E-state index contributed by atoms with van der Waals surface area (Å²) in [4.78, 5) is 2.79. The fourth-order valence-electron chi connectivity index (χ4n) is 5.83. The monoisotopic (exact) mass is 568 g/mol. The van der Waals surface area contributed by atoms with Gasteiger partial charge in [0.1, 0.15) is 12.4 Å². The van der Waals surface area contributed by atoms with Crippen LogP contribution in [0.5, 0.6) is 11.5 Å². The Kier molecular flexibility index (Phi) is 6.55. The Balaban J connectivity index is 1.46. The molecule has 41 heavy (non-hydrogen) atoms. The van der Waals surface area contributed by atoms with Gasteiger partial charge in [-0.2, -0.15) is 0 Å². The largest absolute Gasteiger partial charge is 0.870 e. The van der Waals surface area contributed by atoms with Crippen LogP contribution in [0.25, 0.3) is 17.1 Å². The van der Waals surface area contributed by atoms with Crippen molar-refractivity contribution in [3.05, 3.63) is 106 Å². The van der Waals surface area contributed by atoms with Gasteiger partial charge in [-0.3, -0.25) is 0 Å². The molecule has 0 bridgehead atoms. The predicted molar refractivity (Wildman–Crippen MR) is 148 cm³/mol. The zero-order valence-corrected chi connectivity index (χ0v) is 23.2. The normalized spacial score (nSPS) is 19.3. The molecule has 0 aliphatic carbocycles. The van der Waals surface area contributed by atoms with Gasteiger partial charge in [0.15, 0.2) is 5.75 Å². The Morgan fingerprint density at radius 2 is 1.85 bits per heavy atom. The minimum Gasteiger partial charge on any atom is -0.870 e. The number of hydrogen-bond donors (Lipinski definition) is 0. The van der Waals surface area contributed by atoms with Crippen molar-refractivity contribution in [1.82, 2.24) is 4.90 Å². The van der Waals surface area contributed by atoms with Gasteiger partial charge >= 0.3 is 0 Å². The van der Waals surface area contributed by atoms with Crippen molar-refractivity contribution in [2.24, 2.45) is 5.11 Å². The number of hydrogen-bond acceptors (Lipinski definition) is 7. The molecule has 0 N–H and O–H groups in total. The highest BCUT2D eigenvalue weighted by molar-refractivity contribution is 7.98. The smallest absolute Gasteiger partial charge is 0.287 e. The van der Waals surface area contributed by atoms with Crippen LogP contribution in [0.1, 0.15) is 29.2 Å². The van der Waals surface area contributed by atoms with E-state index < -0.39 is 17.7 Å². The molecule has 0 amide bonds. The summed E-state index contributed by atoms with van der Waals surface area (Å²) in [6.07, 6.45) is -0.0153. The zero-order chi connectivity index (χ0) is 28.1. The first-order valence-electron chi connectivity index (χ1n) is 13.6. The SMILES string of the molecule is C[C@H]1COC[C@H]2N=[n+]3c(-c4cc(F)cc5c4Cc4ccccc4SC5)cc([O-])c(OCc4ccccc4)c3=C([O-])N12. The van der Waals surface area contributed by atoms with Gasteiger partial charge in [-0.15, -0.1) is 11.8 Å². The van der Waals surface area contributed by atoms with Crippen LogP contribution in [0.4, 0.5) is 4.39 Å². The summed E-state index contributed by atoms with van der Waals surface area (Å²) in [5, 5.41) is 32.8. The van der Waals surface area contributed by atoms with Gasteiger partial charge in [0, 0.05) is 22.6 Å². The third kappa shape index (κ3) is 4.59. The lowest BCUT2D eigenvalue weighted by Gasteiger charge is -2.42. The van der Waals surface area contributed by atoms with Gasteiger partial charge in [0.05, 0.1) is 24.8 Å². The zero-order valence-electron chi connectivity index (χ0n) is 22.4. The molecular weight excluding hydrogens is 541 g/mol. The van der Waals surface area contributed by atoms with Crippen molar-refractivity contribution >= 4 is 17.6 Å². The maximum absolute atomic E-state index is 15.2. The summed E-state index contributed by atoms with van der Waals surface area (Å²) in [6.45, 7) is 2.60. The Morgan fingerprint density at radius 1 is 1.05 bits per heavy atom. The summed E-state index contributed by atoms with van der Waals surface area (Å²) in [7, 11) is 0. The summed E-state index contributed by atoms with van der Waals surface area (Å²) < 4.78 is 28.4. The van der Waals surface area contributed by atoms with Gasteiger partial charge in [-0.25, -0.2) is 4.39 Å². The van der Waals surface area contributed by atoms with Gasteiger partial charge < -0.3 is 24.6 Å². The quantitative estimate of drug-likeness (QED) is 0.352. The predicted octanol–water partition coefficient (Wildman–Crippen LogP) is 3.15. The van der Waals surface area contributed by atoms with E-state index in [2.05, 4.69) is 12.1 Å². The van der Waals surface area contributed by atoms with E-state index in [4.69, 9.17) is 14.6 Å². The van der Waals surface area contributed by atoms with E-state index in [0.29, 0.717) is 30.0 Å². The average Bonchev–Trinajstić information content (AvgIpc) is 3.16. The fraction of sp³-hybridized carbons (Fsp3) is 0.250. The number of nitrogens with zero attached hydrogens (tertiary/aromatic N) is 3. The van der Waals surface area contributed by atoms with Crippen molar-refractivity contribution in [2.75, 3.05) is 13.2 Å². The first-order chi connectivity index (χ1) is 20.0. The standard InChI is InChI=1S/C32H27FN3O4S/c1-19-15-39-17-29-34-36-26(25-13-23(33)11-22-18-41-28-10-6-5-9-21(28)12-24(22)25)14-27(37)31(30(36)32(38)35(19)29)40-16-20-7-3-2-4-8-20/h2-11,13-14,19,29H,12,15-18H2,1H3/q-1/t19-,29-/m0/s1. The first kappa shape index (κ1) is 25.9. The number of morpholine rings is 1. The average molecular weight is 569 g/mol. The molecule has 3 aliphatic rings. The number of rotatable bonds is 4. The second-order valence-corrected chi connectivity index (χ2v) is 11.5. The number of thioether (sulfide) groups is 1. The van der Waals surface area contributed by atoms with Crippen LogP contribution in [0, 0.1) is 5.82 Å². The maximum atomic E-state index is 15.2. The van der Waals surface area contributed by atoms with E-state index in [1.54, 1.807) is 22.7 Å². The van der Waals surface area contributed by atoms with Gasteiger partial charge in [-0.05, 0) is 63.3 Å². The number of fused-ring (bicyclic) bond motifs is 4. The van der Waals surface area contributed by atoms with Crippen molar-refractivity contribution in [3.63, 3.8) is 0 Å². The molecule has 4 aromatic rings. The van der Waals surface area contributed by atoms with Crippen LogP contribution in [-0.4, -0.2) is 30.3 Å². The van der Waals surface area contributed by atoms with Gasteiger partial charge in [0.25, 0.3) is 5.35 Å². The summed E-state index contributed by atoms with van der Waals surface area (Å²) in [6, 6.07) is 21.8. The Hall–Kier alpha value is -4.08. The lowest BCUT2D eigenvalue weighted by atomic mass is 9.93. The lowest BCUT2D eigenvalue weighted by Crippen LogP contribution is -2.61. The topological polar surface area (TPSA) is 86.1 Å². The van der Waals surface area contributed by atoms with Crippen LogP contribution in [0.15, 0.2) is 82.8 Å². The molecule has 0 saturated carbocycles. The van der Waals surface area contributed by atoms with E-state index in [0.717, 1.165) is 27.1 Å². The second-order valence-electron chi connectivity index (χ2n) is 10.5. The minimum absolute atomic E-state index is 0.0508. The maximum Gasteiger partial charge on any atom is 0.287 e. The third-order valence-electron chi connectivity index (χ3n) is 7.79. The van der Waals surface area contributed by atoms with Crippen LogP contribution < -0.4 is 24.7 Å². The van der Waals surface area contributed by atoms with E-state index in [1.165, 1.54) is 16.5 Å². The molecule has 0 spiro atoms. The van der Waals surface area contributed by atoms with E-state index in [9.17, 15) is 10.2 Å². The number of benzene rings is 3. The van der Waals surface area contributed by atoms with Crippen molar-refractivity contribution in [3.8, 4) is 22.8 Å². The Morgan fingerprint density at radius 3 is 2.71 bits per heavy atom. The van der Waals surface area contributed by atoms with Crippen molar-refractivity contribution in [1.29, 1.82) is 0 Å². The highest BCUT2D eigenvalue weighted by atomic mass is 32.2. The number of ether oxygens (including phenoxy) is 2. The Labute approximate surface area is 240 Å². The van der Waals surface area contributed by atoms with E-state index in [-0.39, 0.29) is 36.2 Å². The number of halogens is 1.